The Morgan fingerprint density at radius 1 is 1.56 bits per heavy atom. The number of aliphatic hydroxyl groups is 1. The second-order valence-corrected chi connectivity index (χ2v) is 4.10. The largest absolute Gasteiger partial charge is 0.395 e. The Labute approximate surface area is 109 Å². The predicted octanol–water partition coefficient (Wildman–Crippen LogP) is 1.37. The van der Waals surface area contributed by atoms with Crippen LogP contribution in [0.5, 0.6) is 0 Å². The van der Waals surface area contributed by atoms with E-state index >= 15 is 0 Å². The molecule has 0 aliphatic rings. The Hall–Kier alpha value is -1.57. The molecule has 0 bridgehead atoms. The molecular formula is C10H15ClN4O3. The van der Waals surface area contributed by atoms with Crippen molar-refractivity contribution in [2.45, 2.75) is 13.1 Å². The standard InChI is InChI=1S/C10H15ClN4O3/c1-6(12)14-9-5-8(13-2-3-16)7(11)4-10(9)15(17)18/h4-6,13-14,16H,2-3,12H2,1H3. The van der Waals surface area contributed by atoms with E-state index in [4.69, 9.17) is 22.4 Å². The number of hydrogen-bond donors (Lipinski definition) is 4. The van der Waals surface area contributed by atoms with Gasteiger partial charge in [-0.3, -0.25) is 10.1 Å². The lowest BCUT2D eigenvalue weighted by atomic mass is 10.2. The van der Waals surface area contributed by atoms with E-state index in [2.05, 4.69) is 10.6 Å². The van der Waals surface area contributed by atoms with Gasteiger partial charge in [0, 0.05) is 12.6 Å². The summed E-state index contributed by atoms with van der Waals surface area (Å²) in [5, 5.41) is 25.5. The summed E-state index contributed by atoms with van der Waals surface area (Å²) >= 11 is 5.91. The highest BCUT2D eigenvalue weighted by Gasteiger charge is 2.18. The fourth-order valence-electron chi connectivity index (χ4n) is 1.40. The van der Waals surface area contributed by atoms with E-state index in [1.165, 1.54) is 12.1 Å². The third-order valence-electron chi connectivity index (χ3n) is 2.09. The van der Waals surface area contributed by atoms with Gasteiger partial charge in [-0.2, -0.15) is 0 Å². The minimum atomic E-state index is -0.535. The number of benzene rings is 1. The van der Waals surface area contributed by atoms with Crippen molar-refractivity contribution in [3.05, 3.63) is 27.3 Å². The van der Waals surface area contributed by atoms with E-state index in [0.29, 0.717) is 12.2 Å². The van der Waals surface area contributed by atoms with Crippen LogP contribution in [0.4, 0.5) is 17.1 Å². The highest BCUT2D eigenvalue weighted by Crippen LogP contribution is 2.34. The minimum absolute atomic E-state index is 0.0661. The Balaban J connectivity index is 3.13. The van der Waals surface area contributed by atoms with Gasteiger partial charge < -0.3 is 21.5 Å². The first-order valence-electron chi connectivity index (χ1n) is 5.30. The molecule has 0 saturated carbocycles. The topological polar surface area (TPSA) is 113 Å². The molecule has 8 heteroatoms. The van der Waals surface area contributed by atoms with Gasteiger partial charge in [0.15, 0.2) is 0 Å². The van der Waals surface area contributed by atoms with Crippen LogP contribution in [0.2, 0.25) is 5.02 Å². The first-order valence-corrected chi connectivity index (χ1v) is 5.68. The number of rotatable bonds is 6. The van der Waals surface area contributed by atoms with Crippen molar-refractivity contribution in [1.29, 1.82) is 0 Å². The maximum atomic E-state index is 10.9. The molecule has 0 spiro atoms. The van der Waals surface area contributed by atoms with Crippen LogP contribution in [0.3, 0.4) is 0 Å². The van der Waals surface area contributed by atoms with Crippen LogP contribution in [0.25, 0.3) is 0 Å². The molecule has 1 aromatic rings. The lowest BCUT2D eigenvalue weighted by Crippen LogP contribution is -2.25. The molecule has 1 unspecified atom stereocenters. The quantitative estimate of drug-likeness (QED) is 0.354. The van der Waals surface area contributed by atoms with Gasteiger partial charge in [-0.1, -0.05) is 11.6 Å². The molecule has 0 fully saturated rings. The Kier molecular flexibility index (Phi) is 5.14. The summed E-state index contributed by atoms with van der Waals surface area (Å²) in [7, 11) is 0. The zero-order chi connectivity index (χ0) is 13.7. The molecule has 0 heterocycles. The SMILES string of the molecule is CC(N)Nc1cc(NCCO)c(Cl)cc1[N+](=O)[O-]. The minimum Gasteiger partial charge on any atom is -0.395 e. The summed E-state index contributed by atoms with van der Waals surface area (Å²) in [5.74, 6) is 0. The molecule has 1 rings (SSSR count). The number of nitro benzene ring substituents is 1. The van der Waals surface area contributed by atoms with Crippen LogP contribution in [0.1, 0.15) is 6.92 Å². The van der Waals surface area contributed by atoms with Crippen LogP contribution in [0.15, 0.2) is 12.1 Å². The van der Waals surface area contributed by atoms with E-state index in [0.717, 1.165) is 0 Å². The van der Waals surface area contributed by atoms with Crippen molar-refractivity contribution < 1.29 is 10.0 Å². The van der Waals surface area contributed by atoms with Crippen LogP contribution < -0.4 is 16.4 Å². The molecular weight excluding hydrogens is 260 g/mol. The van der Waals surface area contributed by atoms with Gasteiger partial charge >= 0.3 is 0 Å². The lowest BCUT2D eigenvalue weighted by Gasteiger charge is -2.13. The number of anilines is 2. The van der Waals surface area contributed by atoms with Crippen molar-refractivity contribution in [1.82, 2.24) is 0 Å². The van der Waals surface area contributed by atoms with Gasteiger partial charge in [0.2, 0.25) is 0 Å². The average Bonchev–Trinajstić information content (AvgIpc) is 2.28. The zero-order valence-electron chi connectivity index (χ0n) is 9.81. The molecule has 18 heavy (non-hydrogen) atoms. The third-order valence-corrected chi connectivity index (χ3v) is 2.41. The number of nitrogens with one attached hydrogen (secondary N) is 2. The summed E-state index contributed by atoms with van der Waals surface area (Å²) in [4.78, 5) is 10.4. The molecule has 0 saturated heterocycles. The molecule has 7 nitrogen and oxygen atoms in total. The Morgan fingerprint density at radius 3 is 2.72 bits per heavy atom. The van der Waals surface area contributed by atoms with E-state index in [-0.39, 0.29) is 23.0 Å². The number of aliphatic hydroxyl groups excluding tert-OH is 1. The average molecular weight is 275 g/mol. The number of halogens is 1. The Bertz CT molecular complexity index is 439. The van der Waals surface area contributed by atoms with Gasteiger partial charge in [-0.15, -0.1) is 0 Å². The summed E-state index contributed by atoms with van der Waals surface area (Å²) in [5.41, 5.74) is 6.19. The molecule has 0 amide bonds. The second-order valence-electron chi connectivity index (χ2n) is 3.69. The monoisotopic (exact) mass is 274 g/mol. The van der Waals surface area contributed by atoms with Crippen molar-refractivity contribution in [2.75, 3.05) is 23.8 Å². The van der Waals surface area contributed by atoms with Crippen molar-refractivity contribution in [3.63, 3.8) is 0 Å². The number of hydrogen-bond acceptors (Lipinski definition) is 6. The summed E-state index contributed by atoms with van der Waals surface area (Å²) < 4.78 is 0. The van der Waals surface area contributed by atoms with Crippen LogP contribution in [0, 0.1) is 10.1 Å². The van der Waals surface area contributed by atoms with Crippen LogP contribution in [-0.2, 0) is 0 Å². The van der Waals surface area contributed by atoms with E-state index < -0.39 is 11.1 Å². The van der Waals surface area contributed by atoms with Gasteiger partial charge in [0.25, 0.3) is 5.69 Å². The number of nitrogens with zero attached hydrogens (tertiary/aromatic N) is 1. The van der Waals surface area contributed by atoms with E-state index in [1.807, 2.05) is 0 Å². The Morgan fingerprint density at radius 2 is 2.22 bits per heavy atom. The molecule has 0 radical (unpaired) electrons. The van der Waals surface area contributed by atoms with Gasteiger partial charge in [-0.05, 0) is 13.0 Å². The number of nitrogens with two attached hydrogens (primary N) is 1. The van der Waals surface area contributed by atoms with Crippen LogP contribution >= 0.6 is 11.6 Å². The smallest absolute Gasteiger partial charge is 0.294 e. The van der Waals surface area contributed by atoms with Crippen molar-refractivity contribution in [2.24, 2.45) is 5.73 Å². The first-order chi connectivity index (χ1) is 8.45. The molecule has 1 aromatic carbocycles. The van der Waals surface area contributed by atoms with Crippen LogP contribution in [-0.4, -0.2) is 29.3 Å². The third kappa shape index (κ3) is 3.73. The molecule has 5 N–H and O–H groups in total. The fraction of sp³-hybridized carbons (Fsp3) is 0.400. The fourth-order valence-corrected chi connectivity index (χ4v) is 1.63. The normalized spacial score (nSPS) is 12.0. The highest BCUT2D eigenvalue weighted by atomic mass is 35.5. The van der Waals surface area contributed by atoms with E-state index in [1.54, 1.807) is 6.92 Å². The van der Waals surface area contributed by atoms with Gasteiger partial charge in [0.05, 0.1) is 28.4 Å². The van der Waals surface area contributed by atoms with E-state index in [9.17, 15) is 10.1 Å². The molecule has 0 aliphatic carbocycles. The first kappa shape index (κ1) is 14.5. The molecule has 0 aromatic heterocycles. The second kappa shape index (κ2) is 6.39. The highest BCUT2D eigenvalue weighted by molar-refractivity contribution is 6.33. The summed E-state index contributed by atoms with van der Waals surface area (Å²) in [6.45, 7) is 1.90. The number of nitro groups is 1. The maximum Gasteiger partial charge on any atom is 0.294 e. The lowest BCUT2D eigenvalue weighted by molar-refractivity contribution is -0.383. The molecule has 100 valence electrons. The molecule has 0 aliphatic heterocycles. The van der Waals surface area contributed by atoms with Crippen molar-refractivity contribution in [3.8, 4) is 0 Å². The van der Waals surface area contributed by atoms with Gasteiger partial charge in [-0.25, -0.2) is 0 Å². The summed E-state index contributed by atoms with van der Waals surface area (Å²) in [6, 6.07) is 2.74. The summed E-state index contributed by atoms with van der Waals surface area (Å²) in [6.07, 6.45) is -0.435. The zero-order valence-corrected chi connectivity index (χ0v) is 10.6. The predicted molar refractivity (Wildman–Crippen MR) is 71.0 cm³/mol. The van der Waals surface area contributed by atoms with Crippen molar-refractivity contribution >= 4 is 28.7 Å². The molecule has 1 atom stereocenters. The van der Waals surface area contributed by atoms with Gasteiger partial charge in [0.1, 0.15) is 5.69 Å². The maximum absolute atomic E-state index is 10.9.